The number of aromatic nitrogens is 1. The van der Waals surface area contributed by atoms with Gasteiger partial charge in [-0.15, -0.1) is 0 Å². The summed E-state index contributed by atoms with van der Waals surface area (Å²) in [5.41, 5.74) is 2.28. The van der Waals surface area contributed by atoms with E-state index in [2.05, 4.69) is 52.2 Å². The van der Waals surface area contributed by atoms with Gasteiger partial charge in [-0.05, 0) is 29.8 Å². The molecule has 1 aromatic rings. The molecule has 2 nitrogen and oxygen atoms in total. The zero-order valence-electron chi connectivity index (χ0n) is 7.63. The molecule has 13 heavy (non-hydrogen) atoms. The van der Waals surface area contributed by atoms with E-state index in [-0.39, 0.29) is 5.54 Å². The lowest BCUT2D eigenvalue weighted by molar-refractivity contribution is 0.709. The van der Waals surface area contributed by atoms with Crippen LogP contribution in [0.1, 0.15) is 19.4 Å². The van der Waals surface area contributed by atoms with Crippen LogP contribution in [-0.2, 0) is 0 Å². The van der Waals surface area contributed by atoms with Crippen molar-refractivity contribution < 1.29 is 0 Å². The molecule has 0 aliphatic carbocycles. The molecule has 1 aromatic heterocycles. The monoisotopic (exact) mass is 238 g/mol. The zero-order valence-corrected chi connectivity index (χ0v) is 9.22. The third-order valence-corrected chi connectivity index (χ3v) is 2.69. The quantitative estimate of drug-likeness (QED) is 0.752. The number of nitrogens with one attached hydrogen (secondary N) is 1. The van der Waals surface area contributed by atoms with Crippen LogP contribution < -0.4 is 5.32 Å². The topological polar surface area (TPSA) is 24.9 Å². The maximum absolute atomic E-state index is 4.12. The van der Waals surface area contributed by atoms with Crippen LogP contribution in [0.3, 0.4) is 0 Å². The van der Waals surface area contributed by atoms with Crippen molar-refractivity contribution in [2.45, 2.75) is 19.4 Å². The molecule has 1 aliphatic heterocycles. The Balaban J connectivity index is 2.53. The molecule has 1 N–H and O–H groups in total. The van der Waals surface area contributed by atoms with Gasteiger partial charge in [-0.25, -0.2) is 0 Å². The van der Waals surface area contributed by atoms with Crippen molar-refractivity contribution in [1.82, 2.24) is 4.98 Å². The first-order valence-corrected chi connectivity index (χ1v) is 4.99. The molecule has 0 radical (unpaired) electrons. The van der Waals surface area contributed by atoms with Crippen LogP contribution in [0.4, 0.5) is 5.69 Å². The molecule has 0 unspecified atom stereocenters. The van der Waals surface area contributed by atoms with Gasteiger partial charge >= 0.3 is 0 Å². The van der Waals surface area contributed by atoms with Gasteiger partial charge in [-0.2, -0.15) is 0 Å². The van der Waals surface area contributed by atoms with E-state index in [1.807, 2.05) is 12.4 Å². The predicted molar refractivity (Wildman–Crippen MR) is 58.7 cm³/mol. The number of hydrogen-bond acceptors (Lipinski definition) is 2. The molecule has 0 saturated carbocycles. The summed E-state index contributed by atoms with van der Waals surface area (Å²) in [5, 5.41) is 3.40. The first-order valence-electron chi connectivity index (χ1n) is 4.19. The van der Waals surface area contributed by atoms with Crippen molar-refractivity contribution in [3.8, 4) is 0 Å². The number of fused-ring (bicyclic) bond motifs is 1. The van der Waals surface area contributed by atoms with Gasteiger partial charge in [0, 0.05) is 16.2 Å². The summed E-state index contributed by atoms with van der Waals surface area (Å²) < 4.78 is 1.03. The van der Waals surface area contributed by atoms with Gasteiger partial charge in [0.05, 0.1) is 17.4 Å². The Bertz CT molecular complexity index is 369. The summed E-state index contributed by atoms with van der Waals surface area (Å²) in [6.45, 7) is 4.26. The number of hydrogen-bond donors (Lipinski definition) is 1. The molecule has 68 valence electrons. The number of anilines is 1. The van der Waals surface area contributed by atoms with Crippen molar-refractivity contribution in [1.29, 1.82) is 0 Å². The molecular weight excluding hydrogens is 228 g/mol. The third kappa shape index (κ3) is 1.61. The number of halogens is 1. The third-order valence-electron chi connectivity index (χ3n) is 2.06. The summed E-state index contributed by atoms with van der Waals surface area (Å²) in [5.74, 6) is 0. The molecule has 1 aliphatic rings. The highest BCUT2D eigenvalue weighted by Gasteiger charge is 2.20. The molecule has 0 atom stereocenters. The maximum Gasteiger partial charge on any atom is 0.0618 e. The minimum atomic E-state index is 0.0233. The highest BCUT2D eigenvalue weighted by Crippen LogP contribution is 2.31. The lowest BCUT2D eigenvalue weighted by Gasteiger charge is -2.28. The van der Waals surface area contributed by atoms with Crippen molar-refractivity contribution in [2.75, 3.05) is 5.32 Å². The average molecular weight is 239 g/mol. The van der Waals surface area contributed by atoms with Crippen LogP contribution in [0.5, 0.6) is 0 Å². The second-order valence-corrected chi connectivity index (χ2v) is 4.62. The van der Waals surface area contributed by atoms with E-state index in [1.54, 1.807) is 0 Å². The fourth-order valence-corrected chi connectivity index (χ4v) is 1.86. The molecular formula is C10H11BrN2. The lowest BCUT2D eigenvalue weighted by Crippen LogP contribution is -2.30. The standard InChI is InChI=1S/C10H11BrN2/c1-10(2)4-3-7-8(11)5-12-6-9(7)13-10/h3-6,13H,1-2H3. The van der Waals surface area contributed by atoms with Crippen molar-refractivity contribution in [2.24, 2.45) is 0 Å². The van der Waals surface area contributed by atoms with E-state index in [9.17, 15) is 0 Å². The zero-order chi connectivity index (χ0) is 9.47. The molecule has 0 amide bonds. The molecule has 0 aromatic carbocycles. The molecule has 0 spiro atoms. The van der Waals surface area contributed by atoms with Crippen LogP contribution in [-0.4, -0.2) is 10.5 Å². The summed E-state index contributed by atoms with van der Waals surface area (Å²) in [6.07, 6.45) is 7.94. The second-order valence-electron chi connectivity index (χ2n) is 3.76. The predicted octanol–water partition coefficient (Wildman–Crippen LogP) is 3.06. The van der Waals surface area contributed by atoms with E-state index in [1.165, 1.54) is 5.56 Å². The Morgan fingerprint density at radius 3 is 2.92 bits per heavy atom. The first-order chi connectivity index (χ1) is 6.08. The molecule has 2 heterocycles. The van der Waals surface area contributed by atoms with Crippen molar-refractivity contribution in [3.63, 3.8) is 0 Å². The molecule has 3 heteroatoms. The van der Waals surface area contributed by atoms with Crippen LogP contribution in [0.25, 0.3) is 6.08 Å². The maximum atomic E-state index is 4.12. The number of pyridine rings is 1. The Kier molecular flexibility index (Phi) is 1.91. The van der Waals surface area contributed by atoms with Crippen LogP contribution in [0.2, 0.25) is 0 Å². The second kappa shape index (κ2) is 2.84. The van der Waals surface area contributed by atoms with Crippen molar-refractivity contribution in [3.05, 3.63) is 28.5 Å². The minimum Gasteiger partial charge on any atom is -0.375 e. The van der Waals surface area contributed by atoms with Gasteiger partial charge in [-0.3, -0.25) is 4.98 Å². The Morgan fingerprint density at radius 2 is 2.15 bits per heavy atom. The van der Waals surface area contributed by atoms with Crippen LogP contribution in [0, 0.1) is 0 Å². The normalized spacial score (nSPS) is 17.8. The van der Waals surface area contributed by atoms with E-state index in [0.29, 0.717) is 0 Å². The Morgan fingerprint density at radius 1 is 1.38 bits per heavy atom. The van der Waals surface area contributed by atoms with Crippen LogP contribution in [0.15, 0.2) is 22.9 Å². The first kappa shape index (κ1) is 8.75. The number of nitrogens with zero attached hydrogens (tertiary/aromatic N) is 1. The summed E-state index contributed by atoms with van der Waals surface area (Å²) in [4.78, 5) is 4.12. The van der Waals surface area contributed by atoms with Gasteiger partial charge in [0.15, 0.2) is 0 Å². The molecule has 0 fully saturated rings. The van der Waals surface area contributed by atoms with Gasteiger partial charge < -0.3 is 5.32 Å². The van der Waals surface area contributed by atoms with Crippen molar-refractivity contribution >= 4 is 27.7 Å². The van der Waals surface area contributed by atoms with E-state index in [0.717, 1.165) is 10.2 Å². The van der Waals surface area contributed by atoms with Gasteiger partial charge in [-0.1, -0.05) is 12.2 Å². The summed E-state index contributed by atoms with van der Waals surface area (Å²) in [7, 11) is 0. The van der Waals surface area contributed by atoms with E-state index in [4.69, 9.17) is 0 Å². The SMILES string of the molecule is CC1(C)C=Cc2c(Br)cncc2N1. The van der Waals surface area contributed by atoms with E-state index < -0.39 is 0 Å². The largest absolute Gasteiger partial charge is 0.375 e. The average Bonchev–Trinajstić information content (AvgIpc) is 2.02. The summed E-state index contributed by atoms with van der Waals surface area (Å²) in [6, 6.07) is 0. The van der Waals surface area contributed by atoms with Gasteiger partial charge in [0.25, 0.3) is 0 Å². The lowest BCUT2D eigenvalue weighted by atomic mass is 9.98. The highest BCUT2D eigenvalue weighted by atomic mass is 79.9. The molecule has 0 bridgehead atoms. The molecule has 0 saturated heterocycles. The fourth-order valence-electron chi connectivity index (χ4n) is 1.39. The molecule has 2 rings (SSSR count). The Hall–Kier alpha value is -0.830. The van der Waals surface area contributed by atoms with Gasteiger partial charge in [0.2, 0.25) is 0 Å². The minimum absolute atomic E-state index is 0.0233. The van der Waals surface area contributed by atoms with E-state index >= 15 is 0 Å². The smallest absolute Gasteiger partial charge is 0.0618 e. The fraction of sp³-hybridized carbons (Fsp3) is 0.300. The van der Waals surface area contributed by atoms with Crippen LogP contribution >= 0.6 is 15.9 Å². The number of rotatable bonds is 0. The Labute approximate surface area is 86.2 Å². The van der Waals surface area contributed by atoms with Gasteiger partial charge in [0.1, 0.15) is 0 Å². The highest BCUT2D eigenvalue weighted by molar-refractivity contribution is 9.10. The summed E-state index contributed by atoms with van der Waals surface area (Å²) >= 11 is 3.47.